The number of nitrogens with one attached hydrogen (secondary N) is 1. The molecule has 148 valence electrons. The van der Waals surface area contributed by atoms with Gasteiger partial charge in [-0.05, 0) is 52.2 Å². The van der Waals surface area contributed by atoms with Crippen molar-refractivity contribution < 1.29 is 24.2 Å². The Labute approximate surface area is 172 Å². The van der Waals surface area contributed by atoms with Gasteiger partial charge in [0.2, 0.25) is 5.91 Å². The zero-order valence-corrected chi connectivity index (χ0v) is 17.2. The number of hydrogen-bond acceptors (Lipinski definition) is 4. The minimum Gasteiger partial charge on any atom is -0.493 e. The van der Waals surface area contributed by atoms with E-state index in [4.69, 9.17) is 9.47 Å². The van der Waals surface area contributed by atoms with E-state index < -0.39 is 17.9 Å². The van der Waals surface area contributed by atoms with Crippen LogP contribution in [0, 0.1) is 0 Å². The zero-order chi connectivity index (χ0) is 20.5. The van der Waals surface area contributed by atoms with Crippen molar-refractivity contribution in [3.8, 4) is 11.5 Å². The molecule has 2 rings (SSSR count). The highest BCUT2D eigenvalue weighted by atomic mass is 79.9. The molecule has 2 N–H and O–H groups in total. The average Bonchev–Trinajstić information content (AvgIpc) is 2.68. The number of carboxylic acids is 1. The molecule has 7 heteroatoms. The molecule has 0 bridgehead atoms. The topological polar surface area (TPSA) is 84.9 Å². The molecule has 28 heavy (non-hydrogen) atoms. The van der Waals surface area contributed by atoms with Gasteiger partial charge in [-0.25, -0.2) is 4.79 Å². The zero-order valence-electron chi connectivity index (χ0n) is 15.6. The van der Waals surface area contributed by atoms with Gasteiger partial charge in [-0.15, -0.1) is 0 Å². The molecule has 0 spiro atoms. The molecule has 0 saturated carbocycles. The summed E-state index contributed by atoms with van der Waals surface area (Å²) in [6, 6.07) is 11.7. The van der Waals surface area contributed by atoms with E-state index >= 15 is 0 Å². The van der Waals surface area contributed by atoms with Gasteiger partial charge in [0.15, 0.2) is 11.5 Å². The molecule has 0 aliphatic rings. The second kappa shape index (κ2) is 10.5. The SMILES string of the molecule is CCOc1c(Br)cc(/C=C/C(=O)N[C@H](Cc2ccccc2)C(=O)O)cc1OC. The first kappa shape index (κ1) is 21.5. The van der Waals surface area contributed by atoms with Gasteiger partial charge < -0.3 is 19.9 Å². The Morgan fingerprint density at radius 1 is 1.25 bits per heavy atom. The average molecular weight is 448 g/mol. The van der Waals surface area contributed by atoms with Gasteiger partial charge in [0.1, 0.15) is 6.04 Å². The lowest BCUT2D eigenvalue weighted by Gasteiger charge is -2.13. The fraction of sp³-hybridized carbons (Fsp3) is 0.238. The standard InChI is InChI=1S/C21H22BrNO5/c1-3-28-20-16(22)11-15(13-18(20)27-2)9-10-19(24)23-17(21(25)26)12-14-7-5-4-6-8-14/h4-11,13,17H,3,12H2,1-2H3,(H,23,24)(H,25,26)/b10-9+/t17-/m1/s1. The molecule has 0 radical (unpaired) electrons. The van der Waals surface area contributed by atoms with Crippen LogP contribution in [0.3, 0.4) is 0 Å². The molecule has 0 aliphatic carbocycles. The third-order valence-electron chi connectivity index (χ3n) is 3.86. The number of carbonyl (C=O) groups is 2. The lowest BCUT2D eigenvalue weighted by Crippen LogP contribution is -2.41. The van der Waals surface area contributed by atoms with Gasteiger partial charge in [-0.3, -0.25) is 4.79 Å². The number of ether oxygens (including phenoxy) is 2. The van der Waals surface area contributed by atoms with Crippen molar-refractivity contribution in [2.75, 3.05) is 13.7 Å². The Bertz CT molecular complexity index is 851. The number of rotatable bonds is 9. The molecule has 0 fully saturated rings. The van der Waals surface area contributed by atoms with Gasteiger partial charge >= 0.3 is 5.97 Å². The second-order valence-electron chi connectivity index (χ2n) is 5.89. The van der Waals surface area contributed by atoms with Crippen LogP contribution in [0.4, 0.5) is 0 Å². The Morgan fingerprint density at radius 2 is 1.96 bits per heavy atom. The quantitative estimate of drug-likeness (QED) is 0.572. The first-order valence-corrected chi connectivity index (χ1v) is 9.49. The summed E-state index contributed by atoms with van der Waals surface area (Å²) in [4.78, 5) is 23.7. The molecule has 0 saturated heterocycles. The molecule has 0 aromatic heterocycles. The van der Waals surface area contributed by atoms with Gasteiger partial charge in [-0.2, -0.15) is 0 Å². The number of amides is 1. The molecule has 0 unspecified atom stereocenters. The second-order valence-corrected chi connectivity index (χ2v) is 6.74. The van der Waals surface area contributed by atoms with Crippen LogP contribution < -0.4 is 14.8 Å². The molecule has 0 aliphatic heterocycles. The van der Waals surface area contributed by atoms with E-state index in [9.17, 15) is 14.7 Å². The van der Waals surface area contributed by atoms with Gasteiger partial charge in [0, 0.05) is 12.5 Å². The molecule has 2 aromatic carbocycles. The molecular formula is C21H22BrNO5. The first-order valence-electron chi connectivity index (χ1n) is 8.70. The number of carbonyl (C=O) groups excluding carboxylic acids is 1. The maximum Gasteiger partial charge on any atom is 0.326 e. The summed E-state index contributed by atoms with van der Waals surface area (Å²) < 4.78 is 11.6. The van der Waals surface area contributed by atoms with Crippen molar-refractivity contribution in [2.45, 2.75) is 19.4 Å². The van der Waals surface area contributed by atoms with Crippen LogP contribution in [-0.2, 0) is 16.0 Å². The van der Waals surface area contributed by atoms with Crippen molar-refractivity contribution in [3.05, 3.63) is 64.1 Å². The Morgan fingerprint density at radius 3 is 2.57 bits per heavy atom. The van der Waals surface area contributed by atoms with E-state index in [0.29, 0.717) is 28.1 Å². The normalized spacial score (nSPS) is 11.8. The Hall–Kier alpha value is -2.80. The highest BCUT2D eigenvalue weighted by molar-refractivity contribution is 9.10. The van der Waals surface area contributed by atoms with E-state index in [-0.39, 0.29) is 6.42 Å². The van der Waals surface area contributed by atoms with Gasteiger partial charge in [-0.1, -0.05) is 30.3 Å². The fourth-order valence-electron chi connectivity index (χ4n) is 2.56. The summed E-state index contributed by atoms with van der Waals surface area (Å²) in [6.07, 6.45) is 3.08. The monoisotopic (exact) mass is 447 g/mol. The number of benzene rings is 2. The van der Waals surface area contributed by atoms with Crippen molar-refractivity contribution in [2.24, 2.45) is 0 Å². The van der Waals surface area contributed by atoms with Crippen LogP contribution in [0.5, 0.6) is 11.5 Å². The predicted molar refractivity (Wildman–Crippen MR) is 111 cm³/mol. The number of hydrogen-bond donors (Lipinski definition) is 2. The van der Waals surface area contributed by atoms with E-state index in [1.165, 1.54) is 13.2 Å². The lowest BCUT2D eigenvalue weighted by molar-refractivity contribution is -0.141. The predicted octanol–water partition coefficient (Wildman–Crippen LogP) is 3.68. The molecule has 2 aromatic rings. The number of halogens is 1. The fourth-order valence-corrected chi connectivity index (χ4v) is 3.14. The minimum absolute atomic E-state index is 0.207. The third-order valence-corrected chi connectivity index (χ3v) is 4.45. The molecule has 1 amide bonds. The summed E-state index contributed by atoms with van der Waals surface area (Å²) in [6.45, 7) is 2.36. The summed E-state index contributed by atoms with van der Waals surface area (Å²) in [7, 11) is 1.53. The van der Waals surface area contributed by atoms with Crippen LogP contribution in [0.15, 0.2) is 53.0 Å². The van der Waals surface area contributed by atoms with E-state index in [1.54, 1.807) is 18.2 Å². The van der Waals surface area contributed by atoms with Crippen LogP contribution in [0.25, 0.3) is 6.08 Å². The van der Waals surface area contributed by atoms with Crippen LogP contribution in [-0.4, -0.2) is 36.7 Å². The minimum atomic E-state index is -1.09. The molecule has 1 atom stereocenters. The summed E-state index contributed by atoms with van der Waals surface area (Å²) in [5, 5.41) is 11.9. The summed E-state index contributed by atoms with van der Waals surface area (Å²) in [5.41, 5.74) is 1.54. The lowest BCUT2D eigenvalue weighted by atomic mass is 10.1. The largest absolute Gasteiger partial charge is 0.493 e. The Balaban J connectivity index is 2.09. The highest BCUT2D eigenvalue weighted by Crippen LogP contribution is 2.36. The molecule has 6 nitrogen and oxygen atoms in total. The van der Waals surface area contributed by atoms with Crippen molar-refractivity contribution in [1.82, 2.24) is 5.32 Å². The van der Waals surface area contributed by atoms with Crippen molar-refractivity contribution in [3.63, 3.8) is 0 Å². The van der Waals surface area contributed by atoms with E-state index in [2.05, 4.69) is 21.2 Å². The van der Waals surface area contributed by atoms with Gasteiger partial charge in [0.25, 0.3) is 0 Å². The first-order chi connectivity index (χ1) is 13.4. The van der Waals surface area contributed by atoms with E-state index in [0.717, 1.165) is 5.56 Å². The van der Waals surface area contributed by atoms with Crippen LogP contribution in [0.2, 0.25) is 0 Å². The maximum absolute atomic E-state index is 12.2. The van der Waals surface area contributed by atoms with Gasteiger partial charge in [0.05, 0.1) is 18.2 Å². The van der Waals surface area contributed by atoms with E-state index in [1.807, 2.05) is 37.3 Å². The Kier molecular flexibility index (Phi) is 8.07. The summed E-state index contributed by atoms with van der Waals surface area (Å²) >= 11 is 3.43. The third kappa shape index (κ3) is 6.13. The van der Waals surface area contributed by atoms with Crippen molar-refractivity contribution >= 4 is 33.9 Å². The van der Waals surface area contributed by atoms with Crippen molar-refractivity contribution in [1.29, 1.82) is 0 Å². The molecular weight excluding hydrogens is 426 g/mol. The molecule has 0 heterocycles. The summed E-state index contributed by atoms with van der Waals surface area (Å²) in [5.74, 6) is -0.465. The smallest absolute Gasteiger partial charge is 0.326 e. The van der Waals surface area contributed by atoms with Crippen LogP contribution >= 0.6 is 15.9 Å². The number of aliphatic carboxylic acids is 1. The number of carboxylic acid groups (broad SMARTS) is 1. The highest BCUT2D eigenvalue weighted by Gasteiger charge is 2.19. The van der Waals surface area contributed by atoms with Crippen LogP contribution in [0.1, 0.15) is 18.1 Å². The maximum atomic E-state index is 12.2. The number of methoxy groups -OCH3 is 1.